The molecule has 2 heterocycles. The maximum Gasteiger partial charge on any atom is 0.126 e. The number of nitrogens with zero attached hydrogens (tertiary/aromatic N) is 2. The molecule has 1 aliphatic heterocycles. The highest BCUT2D eigenvalue weighted by atomic mass is 16.5. The molecule has 0 amide bonds. The van der Waals surface area contributed by atoms with E-state index in [0.717, 1.165) is 42.5 Å². The van der Waals surface area contributed by atoms with E-state index in [1.807, 2.05) is 18.3 Å². The second-order valence-corrected chi connectivity index (χ2v) is 6.96. The molecular formula is C22H25N3O2. The van der Waals surface area contributed by atoms with Crippen LogP contribution in [0.15, 0.2) is 54.7 Å². The van der Waals surface area contributed by atoms with Crippen LogP contribution in [0.5, 0.6) is 5.75 Å². The van der Waals surface area contributed by atoms with E-state index < -0.39 is 0 Å². The first-order valence-corrected chi connectivity index (χ1v) is 9.29. The summed E-state index contributed by atoms with van der Waals surface area (Å²) >= 11 is 0. The van der Waals surface area contributed by atoms with Crippen molar-refractivity contribution in [2.24, 2.45) is 0 Å². The summed E-state index contributed by atoms with van der Waals surface area (Å²) in [5.74, 6) is 1.84. The fourth-order valence-electron chi connectivity index (χ4n) is 3.43. The lowest BCUT2D eigenvalue weighted by Gasteiger charge is -2.34. The number of aromatic nitrogens is 2. The van der Waals surface area contributed by atoms with Crippen LogP contribution >= 0.6 is 0 Å². The van der Waals surface area contributed by atoms with Gasteiger partial charge < -0.3 is 14.5 Å². The molecule has 1 aliphatic rings. The minimum absolute atomic E-state index is 0.125. The summed E-state index contributed by atoms with van der Waals surface area (Å²) < 4.78 is 11.0. The zero-order valence-corrected chi connectivity index (χ0v) is 15.8. The van der Waals surface area contributed by atoms with Gasteiger partial charge in [0, 0.05) is 13.1 Å². The summed E-state index contributed by atoms with van der Waals surface area (Å²) in [5, 5.41) is 0. The Bertz CT molecular complexity index is 871. The van der Waals surface area contributed by atoms with Crippen LogP contribution in [0.25, 0.3) is 11.3 Å². The molecular weight excluding hydrogens is 338 g/mol. The smallest absolute Gasteiger partial charge is 0.126 e. The van der Waals surface area contributed by atoms with Gasteiger partial charge >= 0.3 is 0 Å². The summed E-state index contributed by atoms with van der Waals surface area (Å²) in [7, 11) is 1.69. The highest BCUT2D eigenvalue weighted by Crippen LogP contribution is 2.27. The largest absolute Gasteiger partial charge is 0.497 e. The Balaban J connectivity index is 1.52. The number of methoxy groups -OCH3 is 1. The van der Waals surface area contributed by atoms with Gasteiger partial charge in [0.1, 0.15) is 11.6 Å². The van der Waals surface area contributed by atoms with Crippen molar-refractivity contribution in [1.82, 2.24) is 14.9 Å². The molecule has 1 fully saturated rings. The van der Waals surface area contributed by atoms with Gasteiger partial charge in [-0.1, -0.05) is 42.0 Å². The Hall–Kier alpha value is -2.63. The SMILES string of the molecule is COc1ccc(CN2CCOCC2c2ncc(-c3ccc(C)cc3)[nH]2)cc1. The van der Waals surface area contributed by atoms with Crippen LogP contribution in [0.2, 0.25) is 0 Å². The van der Waals surface area contributed by atoms with Gasteiger partial charge in [-0.05, 0) is 30.2 Å². The molecule has 0 bridgehead atoms. The maximum absolute atomic E-state index is 5.75. The minimum Gasteiger partial charge on any atom is -0.497 e. The summed E-state index contributed by atoms with van der Waals surface area (Å²) in [6.07, 6.45) is 1.92. The van der Waals surface area contributed by atoms with Crippen LogP contribution in [0.3, 0.4) is 0 Å². The van der Waals surface area contributed by atoms with Crippen molar-refractivity contribution in [3.05, 3.63) is 71.7 Å². The van der Waals surface area contributed by atoms with E-state index in [9.17, 15) is 0 Å². The number of ether oxygens (including phenoxy) is 2. The lowest BCUT2D eigenvalue weighted by Crippen LogP contribution is -2.39. The predicted octanol–water partition coefficient (Wildman–Crippen LogP) is 3.97. The number of hydrogen-bond donors (Lipinski definition) is 1. The van der Waals surface area contributed by atoms with Crippen LogP contribution in [0.4, 0.5) is 0 Å². The molecule has 1 aromatic heterocycles. The van der Waals surface area contributed by atoms with E-state index in [-0.39, 0.29) is 6.04 Å². The molecule has 5 heteroatoms. The van der Waals surface area contributed by atoms with Gasteiger partial charge in [0.25, 0.3) is 0 Å². The van der Waals surface area contributed by atoms with Crippen molar-refractivity contribution in [1.29, 1.82) is 0 Å². The van der Waals surface area contributed by atoms with Gasteiger partial charge in [0.2, 0.25) is 0 Å². The number of hydrogen-bond acceptors (Lipinski definition) is 4. The fraction of sp³-hybridized carbons (Fsp3) is 0.318. The van der Waals surface area contributed by atoms with Crippen molar-refractivity contribution < 1.29 is 9.47 Å². The molecule has 3 aromatic rings. The molecule has 5 nitrogen and oxygen atoms in total. The number of imidazole rings is 1. The van der Waals surface area contributed by atoms with Crippen LogP contribution in [-0.4, -0.2) is 41.7 Å². The zero-order chi connectivity index (χ0) is 18.6. The van der Waals surface area contributed by atoms with Gasteiger partial charge in [-0.2, -0.15) is 0 Å². The van der Waals surface area contributed by atoms with Crippen molar-refractivity contribution >= 4 is 0 Å². The average Bonchev–Trinajstić information content (AvgIpc) is 3.19. The van der Waals surface area contributed by atoms with Crippen LogP contribution in [0.1, 0.15) is 23.0 Å². The monoisotopic (exact) mass is 363 g/mol. The van der Waals surface area contributed by atoms with Crippen molar-refractivity contribution in [3.8, 4) is 17.0 Å². The number of morpholine rings is 1. The third kappa shape index (κ3) is 4.04. The molecule has 0 aliphatic carbocycles. The van der Waals surface area contributed by atoms with Gasteiger partial charge in [0.15, 0.2) is 0 Å². The van der Waals surface area contributed by atoms with Gasteiger partial charge in [-0.3, -0.25) is 4.90 Å². The molecule has 1 unspecified atom stereocenters. The lowest BCUT2D eigenvalue weighted by molar-refractivity contribution is -0.0156. The number of aromatic amines is 1. The Labute approximate surface area is 160 Å². The standard InChI is InChI=1S/C22H25N3O2/c1-16-3-7-18(8-4-16)20-13-23-22(24-20)21-15-27-12-11-25(21)14-17-5-9-19(26-2)10-6-17/h3-10,13,21H,11-12,14-15H2,1-2H3,(H,23,24). The topological polar surface area (TPSA) is 50.4 Å². The van der Waals surface area contributed by atoms with Crippen LogP contribution < -0.4 is 4.74 Å². The predicted molar refractivity (Wildman–Crippen MR) is 106 cm³/mol. The van der Waals surface area contributed by atoms with E-state index in [4.69, 9.17) is 9.47 Å². The Morgan fingerprint density at radius 2 is 1.93 bits per heavy atom. The normalized spacial score (nSPS) is 17.8. The second kappa shape index (κ2) is 7.94. The van der Waals surface area contributed by atoms with Crippen molar-refractivity contribution in [2.75, 3.05) is 26.9 Å². The van der Waals surface area contributed by atoms with Gasteiger partial charge in [0.05, 0.1) is 38.3 Å². The molecule has 1 atom stereocenters. The lowest BCUT2D eigenvalue weighted by atomic mass is 10.1. The average molecular weight is 363 g/mol. The van der Waals surface area contributed by atoms with E-state index in [0.29, 0.717) is 6.61 Å². The molecule has 27 heavy (non-hydrogen) atoms. The summed E-state index contributed by atoms with van der Waals surface area (Å²) in [4.78, 5) is 10.6. The Morgan fingerprint density at radius 3 is 2.67 bits per heavy atom. The molecule has 0 spiro atoms. The number of H-pyrrole nitrogens is 1. The molecule has 4 rings (SSSR count). The fourth-order valence-corrected chi connectivity index (χ4v) is 3.43. The maximum atomic E-state index is 5.75. The second-order valence-electron chi connectivity index (χ2n) is 6.96. The number of nitrogens with one attached hydrogen (secondary N) is 1. The third-order valence-corrected chi connectivity index (χ3v) is 5.06. The number of aryl methyl sites for hydroxylation is 1. The van der Waals surface area contributed by atoms with Crippen LogP contribution in [0, 0.1) is 6.92 Å². The van der Waals surface area contributed by atoms with E-state index in [1.54, 1.807) is 7.11 Å². The van der Waals surface area contributed by atoms with E-state index >= 15 is 0 Å². The minimum atomic E-state index is 0.125. The van der Waals surface area contributed by atoms with Crippen molar-refractivity contribution in [3.63, 3.8) is 0 Å². The summed E-state index contributed by atoms with van der Waals surface area (Å²) in [5.41, 5.74) is 4.70. The molecule has 0 radical (unpaired) electrons. The van der Waals surface area contributed by atoms with Gasteiger partial charge in [-0.15, -0.1) is 0 Å². The van der Waals surface area contributed by atoms with Crippen molar-refractivity contribution in [2.45, 2.75) is 19.5 Å². The van der Waals surface area contributed by atoms with Crippen LogP contribution in [-0.2, 0) is 11.3 Å². The first-order valence-electron chi connectivity index (χ1n) is 9.29. The quantitative estimate of drug-likeness (QED) is 0.745. The van der Waals surface area contributed by atoms with E-state index in [2.05, 4.69) is 58.2 Å². The zero-order valence-electron chi connectivity index (χ0n) is 15.8. The Morgan fingerprint density at radius 1 is 1.15 bits per heavy atom. The van der Waals surface area contributed by atoms with E-state index in [1.165, 1.54) is 11.1 Å². The highest BCUT2D eigenvalue weighted by molar-refractivity contribution is 5.58. The third-order valence-electron chi connectivity index (χ3n) is 5.06. The molecule has 1 N–H and O–H groups in total. The summed E-state index contributed by atoms with van der Waals surface area (Å²) in [6, 6.07) is 16.9. The van der Waals surface area contributed by atoms with Gasteiger partial charge in [-0.25, -0.2) is 4.98 Å². The highest BCUT2D eigenvalue weighted by Gasteiger charge is 2.27. The number of rotatable bonds is 5. The summed E-state index contributed by atoms with van der Waals surface area (Å²) in [6.45, 7) is 5.24. The molecule has 140 valence electrons. The first-order chi connectivity index (χ1) is 13.2. The number of benzene rings is 2. The Kier molecular flexibility index (Phi) is 5.23. The first kappa shape index (κ1) is 17.8. The molecule has 1 saturated heterocycles. The molecule has 0 saturated carbocycles. The molecule has 2 aromatic carbocycles.